The van der Waals surface area contributed by atoms with Gasteiger partial charge in [0.25, 0.3) is 0 Å². The molecule has 2 N–H and O–H groups in total. The van der Waals surface area contributed by atoms with Crippen molar-refractivity contribution in [3.05, 3.63) is 0 Å². The van der Waals surface area contributed by atoms with Gasteiger partial charge < -0.3 is 0 Å². The molecule has 12 atom stereocenters. The van der Waals surface area contributed by atoms with Crippen LogP contribution in [0.1, 0.15) is 25.7 Å². The van der Waals surface area contributed by atoms with Crippen LogP contribution in [0.3, 0.4) is 0 Å². The number of piperidine rings is 2. The number of fused-ring (bicyclic) bond motifs is 2. The molecule has 0 radical (unpaired) electrons. The van der Waals surface area contributed by atoms with Crippen molar-refractivity contribution in [2.75, 3.05) is 0 Å². The Labute approximate surface area is 217 Å². The highest BCUT2D eigenvalue weighted by atomic mass is 35.5. The van der Waals surface area contributed by atoms with Crippen molar-refractivity contribution in [2.45, 2.75) is 47.2 Å². The van der Waals surface area contributed by atoms with E-state index < -0.39 is 0 Å². The predicted molar refractivity (Wildman–Crippen MR) is 125 cm³/mol. The predicted octanol–water partition coefficient (Wildman–Crippen LogP) is 2.75. The van der Waals surface area contributed by atoms with Crippen LogP contribution in [0.25, 0.3) is 0 Å². The number of imide groups is 2. The number of hydrogen-bond donors (Lipinski definition) is 2. The lowest BCUT2D eigenvalue weighted by atomic mass is 9.37. The number of amides is 4. The Bertz CT molecular complexity index is 859. The van der Waals surface area contributed by atoms with Gasteiger partial charge in [-0.2, -0.15) is 0 Å². The number of alkyl halides is 4. The van der Waals surface area contributed by atoms with Gasteiger partial charge in [-0.25, -0.2) is 0 Å². The summed E-state index contributed by atoms with van der Waals surface area (Å²) >= 11 is 28.4. The largest absolute Gasteiger partial charge is 0.296 e. The summed E-state index contributed by atoms with van der Waals surface area (Å²) in [6, 6.07) is 0. The van der Waals surface area contributed by atoms with Gasteiger partial charge in [-0.05, 0) is 73.0 Å². The summed E-state index contributed by atoms with van der Waals surface area (Å²) in [5.74, 6) is -2.52. The van der Waals surface area contributed by atoms with Gasteiger partial charge in [0.05, 0.1) is 0 Å². The van der Waals surface area contributed by atoms with Gasteiger partial charge >= 0.3 is 0 Å². The van der Waals surface area contributed by atoms with Crippen molar-refractivity contribution >= 4 is 70.0 Å². The van der Waals surface area contributed by atoms with E-state index in [1.165, 1.54) is 0 Å². The van der Waals surface area contributed by atoms with Gasteiger partial charge in [0.15, 0.2) is 0 Å². The number of rotatable bonds is 0. The third-order valence-corrected chi connectivity index (χ3v) is 12.7. The molecule has 2 aliphatic heterocycles. The summed E-state index contributed by atoms with van der Waals surface area (Å²) in [4.78, 5) is 51.6. The molecule has 184 valence electrons. The van der Waals surface area contributed by atoms with Crippen LogP contribution in [0.5, 0.6) is 0 Å². The maximum atomic E-state index is 12.9. The van der Waals surface area contributed by atoms with E-state index in [2.05, 4.69) is 10.6 Å². The number of halogens is 4. The summed E-state index contributed by atoms with van der Waals surface area (Å²) in [7, 11) is 0. The van der Waals surface area contributed by atoms with Crippen molar-refractivity contribution < 1.29 is 19.2 Å². The Morgan fingerprint density at radius 1 is 0.412 bits per heavy atom. The summed E-state index contributed by atoms with van der Waals surface area (Å²) < 4.78 is 0. The number of carbonyl (C=O) groups excluding carboxylic acids is 4. The van der Waals surface area contributed by atoms with Crippen LogP contribution in [-0.2, 0) is 19.2 Å². The summed E-state index contributed by atoms with van der Waals surface area (Å²) in [6.07, 6.45) is 2.01. The molecule has 4 amide bonds. The fraction of sp³-hybridized carbons (Fsp3) is 0.833. The standard InChI is InChI=1S/C24H26Cl4N2O4/c25-9-1-5-13-6(22(32)29-21(5)31)2-11(27)17-18-12(28)4-8-14-7(23(33)30-24(8)34)3-10(26)16(20(14)18)15(9)19(13)17/h5-20H,1-4H2,(H,29,31,32)(H,30,33,34). The maximum absolute atomic E-state index is 12.9. The quantitative estimate of drug-likeness (QED) is 0.360. The summed E-state index contributed by atoms with van der Waals surface area (Å²) in [5, 5.41) is 3.97. The highest BCUT2D eigenvalue weighted by Crippen LogP contribution is 2.70. The van der Waals surface area contributed by atoms with E-state index in [9.17, 15) is 19.2 Å². The Morgan fingerprint density at radius 3 is 0.882 bits per heavy atom. The molecular formula is C24H26Cl4N2O4. The first-order valence-electron chi connectivity index (χ1n) is 12.4. The second-order valence-corrected chi connectivity index (χ2v) is 14.0. The van der Waals surface area contributed by atoms with Gasteiger partial charge in [0, 0.05) is 45.2 Å². The summed E-state index contributed by atoms with van der Waals surface area (Å²) in [5.41, 5.74) is 0. The average molecular weight is 548 g/mol. The monoisotopic (exact) mass is 546 g/mol. The molecule has 7 fully saturated rings. The van der Waals surface area contributed by atoms with Crippen LogP contribution in [0, 0.1) is 71.0 Å². The lowest BCUT2D eigenvalue weighted by Gasteiger charge is -2.69. The number of nitrogens with one attached hydrogen (secondary N) is 2. The number of hydrogen-bond acceptors (Lipinski definition) is 4. The molecule has 2 heterocycles. The van der Waals surface area contributed by atoms with Crippen molar-refractivity contribution in [3.63, 3.8) is 0 Å². The topological polar surface area (TPSA) is 92.3 Å². The fourth-order valence-corrected chi connectivity index (χ4v) is 12.2. The van der Waals surface area contributed by atoms with E-state index in [4.69, 9.17) is 46.4 Å². The van der Waals surface area contributed by atoms with Crippen LogP contribution >= 0.6 is 46.4 Å². The average Bonchev–Trinajstić information content (AvgIpc) is 2.77. The molecular weight excluding hydrogens is 522 g/mol. The first-order chi connectivity index (χ1) is 16.2. The second-order valence-electron chi connectivity index (χ2n) is 11.8. The molecule has 0 aromatic heterocycles. The number of carbonyl (C=O) groups is 4. The molecule has 5 saturated carbocycles. The first kappa shape index (κ1) is 22.6. The Balaban J connectivity index is 1.40. The lowest BCUT2D eigenvalue weighted by Crippen LogP contribution is -2.73. The van der Waals surface area contributed by atoms with E-state index in [-0.39, 0.29) is 116 Å². The molecule has 7 rings (SSSR count). The van der Waals surface area contributed by atoms with Gasteiger partial charge in [0.1, 0.15) is 0 Å². The Kier molecular flexibility index (Phi) is 4.98. The first-order valence-corrected chi connectivity index (χ1v) is 14.2. The molecule has 34 heavy (non-hydrogen) atoms. The molecule has 0 spiro atoms. The van der Waals surface area contributed by atoms with E-state index in [1.54, 1.807) is 0 Å². The zero-order valence-corrected chi connectivity index (χ0v) is 21.2. The minimum Gasteiger partial charge on any atom is -0.296 e. The highest BCUT2D eigenvalue weighted by molar-refractivity contribution is 6.24. The molecule has 5 aliphatic carbocycles. The Hall–Kier alpha value is -0.560. The van der Waals surface area contributed by atoms with Crippen LogP contribution < -0.4 is 10.6 Å². The SMILES string of the molecule is O=C1NC(=O)C2CC(Cl)C3C4C(Cl)CC5C(=O)NC(=O)C6CC(Cl)C(C7C(Cl)CC1C2C73)C4C65. The van der Waals surface area contributed by atoms with Gasteiger partial charge in [0.2, 0.25) is 23.6 Å². The third kappa shape index (κ3) is 2.72. The van der Waals surface area contributed by atoms with Crippen molar-refractivity contribution in [3.8, 4) is 0 Å². The smallest absolute Gasteiger partial charge is 0.230 e. The minimum absolute atomic E-state index is 0.0209. The van der Waals surface area contributed by atoms with E-state index in [1.807, 2.05) is 0 Å². The lowest BCUT2D eigenvalue weighted by molar-refractivity contribution is -0.195. The zero-order chi connectivity index (χ0) is 23.8. The van der Waals surface area contributed by atoms with Crippen LogP contribution in [0.15, 0.2) is 0 Å². The molecule has 10 heteroatoms. The molecule has 2 saturated heterocycles. The molecule has 6 nitrogen and oxygen atoms in total. The van der Waals surface area contributed by atoms with E-state index in [0.29, 0.717) is 25.7 Å². The van der Waals surface area contributed by atoms with E-state index >= 15 is 0 Å². The molecule has 12 unspecified atom stereocenters. The van der Waals surface area contributed by atoms with E-state index in [0.717, 1.165) is 0 Å². The Morgan fingerprint density at radius 2 is 0.647 bits per heavy atom. The fourth-order valence-electron chi connectivity index (χ4n) is 10.1. The van der Waals surface area contributed by atoms with Crippen molar-refractivity contribution in [1.29, 1.82) is 0 Å². The highest BCUT2D eigenvalue weighted by Gasteiger charge is 2.72. The van der Waals surface area contributed by atoms with Crippen LogP contribution in [0.4, 0.5) is 0 Å². The van der Waals surface area contributed by atoms with Gasteiger partial charge in [-0.1, -0.05) is 0 Å². The molecule has 0 aromatic rings. The molecule has 0 aromatic carbocycles. The molecule has 0 bridgehead atoms. The zero-order valence-electron chi connectivity index (χ0n) is 18.2. The molecule has 7 aliphatic rings. The second kappa shape index (κ2) is 7.49. The van der Waals surface area contributed by atoms with Gasteiger partial charge in [-0.15, -0.1) is 46.4 Å². The van der Waals surface area contributed by atoms with Crippen molar-refractivity contribution in [1.82, 2.24) is 10.6 Å². The van der Waals surface area contributed by atoms with Crippen molar-refractivity contribution in [2.24, 2.45) is 71.0 Å². The minimum atomic E-state index is -0.313. The van der Waals surface area contributed by atoms with Crippen LogP contribution in [-0.4, -0.2) is 45.1 Å². The summed E-state index contributed by atoms with van der Waals surface area (Å²) in [6.45, 7) is 0. The third-order valence-electron chi connectivity index (χ3n) is 10.8. The van der Waals surface area contributed by atoms with Crippen LogP contribution in [0.2, 0.25) is 0 Å². The normalized spacial score (nSPS) is 59.4. The maximum Gasteiger partial charge on any atom is 0.230 e. The van der Waals surface area contributed by atoms with Gasteiger partial charge in [-0.3, -0.25) is 29.8 Å².